The number of hydrogen-bond acceptors (Lipinski definition) is 6. The summed E-state index contributed by atoms with van der Waals surface area (Å²) in [6.45, 7) is 2.64. The van der Waals surface area contributed by atoms with Crippen molar-refractivity contribution >= 4 is 28.6 Å². The van der Waals surface area contributed by atoms with Gasteiger partial charge in [-0.1, -0.05) is 30.3 Å². The Kier molecular flexibility index (Phi) is 5.87. The van der Waals surface area contributed by atoms with Gasteiger partial charge in [-0.15, -0.1) is 0 Å². The maximum atomic E-state index is 12.8. The lowest BCUT2D eigenvalue weighted by Gasteiger charge is -2.18. The molecule has 7 nitrogen and oxygen atoms in total. The van der Waals surface area contributed by atoms with Gasteiger partial charge < -0.3 is 14.5 Å². The Morgan fingerprint density at radius 1 is 1.03 bits per heavy atom. The van der Waals surface area contributed by atoms with Gasteiger partial charge in [-0.3, -0.25) is 14.4 Å². The molecule has 0 spiro atoms. The first-order chi connectivity index (χ1) is 13.8. The molecule has 7 heteroatoms. The van der Waals surface area contributed by atoms with E-state index in [1.54, 1.807) is 48.5 Å². The molecule has 1 unspecified atom stereocenters. The summed E-state index contributed by atoms with van der Waals surface area (Å²) < 4.78 is 10.2. The molecule has 1 aromatic heterocycles. The zero-order chi connectivity index (χ0) is 21.0. The number of ether oxygens (including phenoxy) is 1. The van der Waals surface area contributed by atoms with Crippen LogP contribution in [0.2, 0.25) is 0 Å². The average molecular weight is 393 g/mol. The number of carbonyl (C=O) groups excluding carboxylic acids is 3. The van der Waals surface area contributed by atoms with Crippen molar-refractivity contribution in [2.75, 3.05) is 0 Å². The van der Waals surface area contributed by atoms with E-state index in [-0.39, 0.29) is 17.9 Å². The fraction of sp³-hybridized carbons (Fsp3) is 0.182. The predicted octanol–water partition coefficient (Wildman–Crippen LogP) is 3.17. The number of amides is 1. The van der Waals surface area contributed by atoms with E-state index in [0.717, 1.165) is 0 Å². The van der Waals surface area contributed by atoms with Crippen LogP contribution in [0.4, 0.5) is 0 Å². The maximum absolute atomic E-state index is 12.8. The van der Waals surface area contributed by atoms with Crippen LogP contribution in [0.3, 0.4) is 0 Å². The highest BCUT2D eigenvalue weighted by Gasteiger charge is 2.21. The summed E-state index contributed by atoms with van der Waals surface area (Å²) in [7, 11) is 0. The Morgan fingerprint density at radius 2 is 1.72 bits per heavy atom. The van der Waals surface area contributed by atoms with Gasteiger partial charge >= 0.3 is 11.6 Å². The number of benzene rings is 2. The molecular weight excluding hydrogens is 374 g/mol. The summed E-state index contributed by atoms with van der Waals surface area (Å²) in [5.74, 6) is -0.872. The van der Waals surface area contributed by atoms with Crippen molar-refractivity contribution in [3.63, 3.8) is 0 Å². The maximum Gasteiger partial charge on any atom is 0.347 e. The minimum Gasteiger partial charge on any atom is -0.427 e. The minimum atomic E-state index is -0.722. The van der Waals surface area contributed by atoms with Crippen molar-refractivity contribution < 1.29 is 23.5 Å². The van der Waals surface area contributed by atoms with E-state index in [1.807, 2.05) is 0 Å². The summed E-state index contributed by atoms with van der Waals surface area (Å²) in [4.78, 5) is 47.7. The van der Waals surface area contributed by atoms with E-state index in [1.165, 1.54) is 19.9 Å². The molecule has 0 fully saturated rings. The number of esters is 1. The van der Waals surface area contributed by atoms with Crippen LogP contribution in [-0.4, -0.2) is 17.7 Å². The fourth-order valence-corrected chi connectivity index (χ4v) is 2.98. The minimum absolute atomic E-state index is 0.0735. The molecular formula is C22H19NO6. The van der Waals surface area contributed by atoms with Crippen molar-refractivity contribution in [3.05, 3.63) is 76.1 Å². The van der Waals surface area contributed by atoms with Crippen molar-refractivity contribution in [1.29, 1.82) is 0 Å². The van der Waals surface area contributed by atoms with Crippen LogP contribution in [0.25, 0.3) is 11.0 Å². The second-order valence-electron chi connectivity index (χ2n) is 6.53. The molecule has 0 aliphatic rings. The molecule has 148 valence electrons. The number of hydrogen-bond donors (Lipinski definition) is 1. The highest BCUT2D eigenvalue weighted by molar-refractivity contribution is 5.98. The molecule has 0 radical (unpaired) electrons. The van der Waals surface area contributed by atoms with Gasteiger partial charge in [0.15, 0.2) is 5.78 Å². The van der Waals surface area contributed by atoms with Crippen LogP contribution in [0, 0.1) is 0 Å². The van der Waals surface area contributed by atoms with Crippen LogP contribution >= 0.6 is 0 Å². The topological polar surface area (TPSA) is 103 Å². The van der Waals surface area contributed by atoms with Gasteiger partial charge in [0.05, 0.1) is 6.04 Å². The predicted molar refractivity (Wildman–Crippen MR) is 106 cm³/mol. The molecule has 0 saturated carbocycles. The van der Waals surface area contributed by atoms with Crippen molar-refractivity contribution in [1.82, 2.24) is 5.32 Å². The van der Waals surface area contributed by atoms with Gasteiger partial charge in [-0.2, -0.15) is 0 Å². The SMILES string of the molecule is CC(=O)NC(CC(=O)c1cc2ccccc2oc1=O)c1ccc(OC(C)=O)cc1. The molecule has 0 bridgehead atoms. The first-order valence-corrected chi connectivity index (χ1v) is 8.95. The quantitative estimate of drug-likeness (QED) is 0.299. The van der Waals surface area contributed by atoms with E-state index in [2.05, 4.69) is 5.32 Å². The number of carbonyl (C=O) groups is 3. The molecule has 1 heterocycles. The van der Waals surface area contributed by atoms with Crippen LogP contribution in [0.15, 0.2) is 63.8 Å². The molecule has 2 aromatic carbocycles. The van der Waals surface area contributed by atoms with E-state index in [9.17, 15) is 19.2 Å². The molecule has 3 aromatic rings. The lowest BCUT2D eigenvalue weighted by atomic mass is 9.98. The monoisotopic (exact) mass is 393 g/mol. The van der Waals surface area contributed by atoms with Gasteiger partial charge in [0.1, 0.15) is 16.9 Å². The number of ketones is 1. The molecule has 1 atom stereocenters. The Morgan fingerprint density at radius 3 is 2.38 bits per heavy atom. The summed E-state index contributed by atoms with van der Waals surface area (Å²) in [6.07, 6.45) is -0.129. The molecule has 0 aliphatic carbocycles. The van der Waals surface area contributed by atoms with Crippen LogP contribution in [0.1, 0.15) is 42.2 Å². The number of nitrogens with one attached hydrogen (secondary N) is 1. The van der Waals surface area contributed by atoms with Gasteiger partial charge in [0, 0.05) is 25.7 Å². The molecule has 1 amide bonds. The number of fused-ring (bicyclic) bond motifs is 1. The van der Waals surface area contributed by atoms with Crippen molar-refractivity contribution in [3.8, 4) is 5.75 Å². The molecule has 1 N–H and O–H groups in total. The van der Waals surface area contributed by atoms with E-state index in [4.69, 9.17) is 9.15 Å². The van der Waals surface area contributed by atoms with Gasteiger partial charge in [-0.05, 0) is 29.8 Å². The number of rotatable bonds is 6. The normalized spacial score (nSPS) is 11.7. The first kappa shape index (κ1) is 20.0. The van der Waals surface area contributed by atoms with Crippen LogP contribution in [-0.2, 0) is 9.59 Å². The van der Waals surface area contributed by atoms with Crippen LogP contribution < -0.4 is 15.7 Å². The second-order valence-corrected chi connectivity index (χ2v) is 6.53. The summed E-state index contributed by atoms with van der Waals surface area (Å²) in [6, 6.07) is 14.2. The van der Waals surface area contributed by atoms with Gasteiger partial charge in [-0.25, -0.2) is 4.79 Å². The third-order valence-corrected chi connectivity index (χ3v) is 4.25. The summed E-state index contributed by atoms with van der Waals surface area (Å²) in [5.41, 5.74) is 0.235. The first-order valence-electron chi connectivity index (χ1n) is 8.95. The molecule has 3 rings (SSSR count). The zero-order valence-electron chi connectivity index (χ0n) is 15.9. The number of Topliss-reactive ketones (excluding diaryl/α,β-unsaturated/α-hetero) is 1. The molecule has 0 saturated heterocycles. The van der Waals surface area contributed by atoms with Crippen molar-refractivity contribution in [2.45, 2.75) is 26.3 Å². The summed E-state index contributed by atoms with van der Waals surface area (Å²) >= 11 is 0. The standard InChI is InChI=1S/C22H19NO6/c1-13(24)23-19(15-7-9-17(10-8-15)28-14(2)25)12-20(26)18-11-16-5-3-4-6-21(16)29-22(18)27/h3-11,19H,12H2,1-2H3,(H,23,24). The summed E-state index contributed by atoms with van der Waals surface area (Å²) in [5, 5.41) is 3.35. The Balaban J connectivity index is 1.87. The Hall–Kier alpha value is -3.74. The zero-order valence-corrected chi connectivity index (χ0v) is 15.9. The van der Waals surface area contributed by atoms with Gasteiger partial charge in [0.25, 0.3) is 0 Å². The lowest BCUT2D eigenvalue weighted by Crippen LogP contribution is -2.29. The Bertz CT molecular complexity index is 1130. The lowest BCUT2D eigenvalue weighted by molar-refractivity contribution is -0.131. The van der Waals surface area contributed by atoms with E-state index in [0.29, 0.717) is 22.3 Å². The highest BCUT2D eigenvalue weighted by atomic mass is 16.5. The Labute approximate surface area is 166 Å². The fourth-order valence-electron chi connectivity index (χ4n) is 2.98. The second kappa shape index (κ2) is 8.52. The average Bonchev–Trinajstić information content (AvgIpc) is 2.66. The van der Waals surface area contributed by atoms with Gasteiger partial charge in [0.2, 0.25) is 5.91 Å². The third-order valence-electron chi connectivity index (χ3n) is 4.25. The smallest absolute Gasteiger partial charge is 0.347 e. The molecule has 29 heavy (non-hydrogen) atoms. The van der Waals surface area contributed by atoms with Crippen molar-refractivity contribution in [2.24, 2.45) is 0 Å². The molecule has 0 aliphatic heterocycles. The largest absolute Gasteiger partial charge is 0.427 e. The number of para-hydroxylation sites is 1. The highest BCUT2D eigenvalue weighted by Crippen LogP contribution is 2.23. The third kappa shape index (κ3) is 4.95. The van der Waals surface area contributed by atoms with E-state index < -0.39 is 23.4 Å². The van der Waals surface area contributed by atoms with Crippen LogP contribution in [0.5, 0.6) is 5.75 Å². The van der Waals surface area contributed by atoms with E-state index >= 15 is 0 Å².